The molecule has 174 valence electrons. The van der Waals surface area contributed by atoms with Crippen LogP contribution in [0.25, 0.3) is 0 Å². The largest absolute Gasteiger partial charge is 0.416 e. The fourth-order valence-electron chi connectivity index (χ4n) is 2.46. The number of thioether (sulfide) groups is 1. The molecule has 0 aliphatic heterocycles. The Kier molecular flexibility index (Phi) is 7.87. The molecule has 0 unspecified atom stereocenters. The van der Waals surface area contributed by atoms with Crippen LogP contribution in [0.5, 0.6) is 0 Å². The summed E-state index contributed by atoms with van der Waals surface area (Å²) in [6, 6.07) is 10.2. The van der Waals surface area contributed by atoms with Crippen LogP contribution >= 0.6 is 39.3 Å². The van der Waals surface area contributed by atoms with Gasteiger partial charge in [-0.05, 0) is 42.8 Å². The van der Waals surface area contributed by atoms with E-state index in [1.165, 1.54) is 0 Å². The number of hydrazone groups is 1. The molecule has 8 nitrogen and oxygen atoms in total. The van der Waals surface area contributed by atoms with Crippen LogP contribution in [0.4, 0.5) is 24.8 Å². The van der Waals surface area contributed by atoms with E-state index in [0.29, 0.717) is 5.71 Å². The fourth-order valence-corrected chi connectivity index (χ4v) is 3.54. The lowest BCUT2D eigenvalue weighted by Gasteiger charge is -2.11. The summed E-state index contributed by atoms with van der Waals surface area (Å²) in [7, 11) is 0. The Morgan fingerprint density at radius 2 is 1.94 bits per heavy atom. The minimum Gasteiger partial charge on any atom is -0.334 e. The van der Waals surface area contributed by atoms with E-state index >= 15 is 0 Å². The number of nitrogens with zero attached hydrogens (tertiary/aromatic N) is 4. The molecule has 0 fully saturated rings. The molecule has 2 aromatic carbocycles. The molecule has 33 heavy (non-hydrogen) atoms. The number of hydrogen-bond donors (Lipinski definition) is 3. The molecular weight excluding hydrogens is 547 g/mol. The van der Waals surface area contributed by atoms with E-state index in [0.717, 1.165) is 44.7 Å². The second-order valence-electron chi connectivity index (χ2n) is 6.52. The van der Waals surface area contributed by atoms with Crippen molar-refractivity contribution in [3.63, 3.8) is 0 Å². The number of nitrogen functional groups attached to an aromatic ring is 1. The smallest absolute Gasteiger partial charge is 0.334 e. The molecule has 1 amide bonds. The molecule has 0 saturated heterocycles. The number of hydrogen-bond acceptors (Lipinski definition) is 7. The van der Waals surface area contributed by atoms with Gasteiger partial charge in [-0.1, -0.05) is 51.4 Å². The lowest BCUT2D eigenvalue weighted by molar-refractivity contribution is -0.137. The maximum atomic E-state index is 12.9. The number of carbonyl (C=O) groups is 1. The van der Waals surface area contributed by atoms with Crippen molar-refractivity contribution in [1.82, 2.24) is 14.9 Å². The first-order chi connectivity index (χ1) is 15.5. The minimum absolute atomic E-state index is 0.0196. The molecule has 0 radical (unpaired) electrons. The standard InChI is InChI=1S/C19H16BrClF3N7OS/c1-10(11-2-5-13(20)6-3-11)27-28-17-29-30-18(31(17)25)33-9-16(32)26-15-8-12(19(22,23)24)4-7-14(15)21/h2-8H,9,25H2,1H3,(H,26,32)(H,28,29)/b27-10-. The minimum atomic E-state index is -4.56. The average Bonchev–Trinajstić information content (AvgIpc) is 3.11. The number of alkyl halides is 3. The van der Waals surface area contributed by atoms with Crippen molar-refractivity contribution in [2.24, 2.45) is 5.10 Å². The van der Waals surface area contributed by atoms with Crippen molar-refractivity contribution in [3.8, 4) is 0 Å². The number of amides is 1. The van der Waals surface area contributed by atoms with Crippen molar-refractivity contribution in [2.75, 3.05) is 22.3 Å². The van der Waals surface area contributed by atoms with E-state index in [2.05, 4.69) is 42.0 Å². The Morgan fingerprint density at radius 3 is 2.61 bits per heavy atom. The van der Waals surface area contributed by atoms with E-state index in [1.807, 2.05) is 24.3 Å². The van der Waals surface area contributed by atoms with Gasteiger partial charge in [0, 0.05) is 4.47 Å². The van der Waals surface area contributed by atoms with Crippen molar-refractivity contribution < 1.29 is 18.0 Å². The van der Waals surface area contributed by atoms with Crippen LogP contribution in [0.1, 0.15) is 18.1 Å². The van der Waals surface area contributed by atoms with Crippen molar-refractivity contribution in [3.05, 3.63) is 63.1 Å². The monoisotopic (exact) mass is 561 g/mol. The summed E-state index contributed by atoms with van der Waals surface area (Å²) in [4.78, 5) is 12.2. The number of nitrogens with one attached hydrogen (secondary N) is 2. The van der Waals surface area contributed by atoms with E-state index in [4.69, 9.17) is 17.4 Å². The number of halogens is 5. The van der Waals surface area contributed by atoms with Crippen LogP contribution in [0.3, 0.4) is 0 Å². The molecular formula is C19H16BrClF3N7OS. The van der Waals surface area contributed by atoms with E-state index in [9.17, 15) is 18.0 Å². The first kappa shape index (κ1) is 24.9. The zero-order valence-corrected chi connectivity index (χ0v) is 20.0. The van der Waals surface area contributed by atoms with Gasteiger partial charge in [0.1, 0.15) is 0 Å². The third-order valence-corrected chi connectivity index (χ3v) is 5.95. The maximum Gasteiger partial charge on any atom is 0.416 e. The van der Waals surface area contributed by atoms with Crippen LogP contribution in [-0.4, -0.2) is 32.2 Å². The number of rotatable bonds is 7. The molecule has 0 aliphatic rings. The Labute approximate surface area is 203 Å². The van der Waals surface area contributed by atoms with Gasteiger partial charge in [-0.15, -0.1) is 10.2 Å². The third kappa shape index (κ3) is 6.62. The number of benzene rings is 2. The predicted molar refractivity (Wildman–Crippen MR) is 126 cm³/mol. The van der Waals surface area contributed by atoms with Gasteiger partial charge in [-0.3, -0.25) is 4.79 Å². The quantitative estimate of drug-likeness (QED) is 0.162. The van der Waals surface area contributed by atoms with E-state index < -0.39 is 17.6 Å². The van der Waals surface area contributed by atoms with Gasteiger partial charge in [0.2, 0.25) is 11.1 Å². The maximum absolute atomic E-state index is 12.9. The number of aromatic nitrogens is 3. The Hall–Kier alpha value is -2.77. The van der Waals surface area contributed by atoms with Crippen LogP contribution in [0.2, 0.25) is 5.02 Å². The summed E-state index contributed by atoms with van der Waals surface area (Å²) >= 11 is 10.2. The predicted octanol–water partition coefficient (Wildman–Crippen LogP) is 4.99. The Morgan fingerprint density at radius 1 is 1.24 bits per heavy atom. The summed E-state index contributed by atoms with van der Waals surface area (Å²) < 4.78 is 40.7. The fraction of sp³-hybridized carbons (Fsp3) is 0.158. The summed E-state index contributed by atoms with van der Waals surface area (Å²) in [6.07, 6.45) is -4.56. The van der Waals surface area contributed by atoms with Crippen molar-refractivity contribution in [1.29, 1.82) is 0 Å². The molecule has 14 heteroatoms. The molecule has 4 N–H and O–H groups in total. The second-order valence-corrected chi connectivity index (χ2v) is 8.79. The summed E-state index contributed by atoms with van der Waals surface area (Å²) in [5.41, 5.74) is 3.19. The Balaban J connectivity index is 1.60. The van der Waals surface area contributed by atoms with Gasteiger partial charge >= 0.3 is 6.18 Å². The van der Waals surface area contributed by atoms with Gasteiger partial charge in [0.15, 0.2) is 0 Å². The highest BCUT2D eigenvalue weighted by Crippen LogP contribution is 2.34. The molecule has 0 atom stereocenters. The molecule has 3 aromatic rings. The van der Waals surface area contributed by atoms with Gasteiger partial charge in [-0.25, -0.2) is 10.1 Å². The van der Waals surface area contributed by atoms with Gasteiger partial charge < -0.3 is 11.2 Å². The van der Waals surface area contributed by atoms with E-state index in [-0.39, 0.29) is 27.6 Å². The topological polar surface area (TPSA) is 110 Å². The van der Waals surface area contributed by atoms with Gasteiger partial charge in [0.25, 0.3) is 5.95 Å². The molecule has 1 aromatic heterocycles. The lowest BCUT2D eigenvalue weighted by atomic mass is 10.1. The van der Waals surface area contributed by atoms with Gasteiger partial charge in [-0.2, -0.15) is 18.3 Å². The molecule has 0 aliphatic carbocycles. The van der Waals surface area contributed by atoms with Crippen LogP contribution in [0.15, 0.2) is 57.2 Å². The molecule has 1 heterocycles. The zero-order valence-electron chi connectivity index (χ0n) is 16.8. The molecule has 0 bridgehead atoms. The summed E-state index contributed by atoms with van der Waals surface area (Å²) in [5.74, 6) is 5.28. The highest BCUT2D eigenvalue weighted by atomic mass is 79.9. The average molecular weight is 563 g/mol. The second kappa shape index (κ2) is 10.4. The zero-order chi connectivity index (χ0) is 24.2. The highest BCUT2D eigenvalue weighted by molar-refractivity contribution is 9.10. The normalized spacial score (nSPS) is 12.0. The molecule has 0 saturated carbocycles. The SMILES string of the molecule is C/C(=N/Nc1nnc(SCC(=O)Nc2cc(C(F)(F)F)ccc2Cl)n1N)c1ccc(Br)cc1. The van der Waals surface area contributed by atoms with E-state index in [1.54, 1.807) is 6.92 Å². The van der Waals surface area contributed by atoms with Gasteiger partial charge in [0.05, 0.1) is 27.7 Å². The Bertz CT molecular complexity index is 1190. The first-order valence-corrected chi connectivity index (χ1v) is 11.3. The summed E-state index contributed by atoms with van der Waals surface area (Å²) in [6.45, 7) is 1.80. The summed E-state index contributed by atoms with van der Waals surface area (Å²) in [5, 5.41) is 14.5. The number of carbonyl (C=O) groups excluding carboxylic acids is 1. The van der Waals surface area contributed by atoms with Crippen molar-refractivity contribution >= 4 is 62.5 Å². The van der Waals surface area contributed by atoms with Crippen LogP contribution < -0.4 is 16.6 Å². The molecule has 3 rings (SSSR count). The number of nitrogens with two attached hydrogens (primary N) is 1. The highest BCUT2D eigenvalue weighted by Gasteiger charge is 2.31. The lowest BCUT2D eigenvalue weighted by Crippen LogP contribution is -2.17. The first-order valence-electron chi connectivity index (χ1n) is 9.10. The van der Waals surface area contributed by atoms with Crippen LogP contribution in [0, 0.1) is 0 Å². The third-order valence-electron chi connectivity index (χ3n) is 4.15. The number of anilines is 2. The van der Waals surface area contributed by atoms with Crippen molar-refractivity contribution in [2.45, 2.75) is 18.3 Å². The molecule has 0 spiro atoms. The van der Waals surface area contributed by atoms with Crippen LogP contribution in [-0.2, 0) is 11.0 Å².